The molecule has 21 heavy (non-hydrogen) atoms. The fourth-order valence-corrected chi connectivity index (χ4v) is 4.17. The van der Waals surface area contributed by atoms with Gasteiger partial charge in [0.1, 0.15) is 0 Å². The van der Waals surface area contributed by atoms with E-state index >= 15 is 0 Å². The normalized spacial score (nSPS) is 20.2. The zero-order valence-electron chi connectivity index (χ0n) is 12.1. The summed E-state index contributed by atoms with van der Waals surface area (Å²) in [5.41, 5.74) is 0.752. The number of carbonyl (C=O) groups excluding carboxylic acids is 1. The molecule has 0 unspecified atom stereocenters. The molecule has 2 rings (SSSR count). The van der Waals surface area contributed by atoms with Crippen LogP contribution in [0.5, 0.6) is 0 Å². The monoisotopic (exact) mass is 313 g/mol. The van der Waals surface area contributed by atoms with Gasteiger partial charge in [0.2, 0.25) is 10.0 Å². The van der Waals surface area contributed by atoms with Crippen molar-refractivity contribution in [1.82, 2.24) is 4.31 Å². The second-order valence-corrected chi connectivity index (χ2v) is 7.04. The Kier molecular flexibility index (Phi) is 4.65. The number of ether oxygens (including phenoxy) is 1. The Bertz CT molecular complexity index is 641. The quantitative estimate of drug-likeness (QED) is 0.839. The van der Waals surface area contributed by atoms with Crippen molar-refractivity contribution >= 4 is 16.0 Å². The van der Waals surface area contributed by atoms with Crippen LogP contribution >= 0.6 is 0 Å². The van der Waals surface area contributed by atoms with Crippen LogP contribution in [0.4, 0.5) is 0 Å². The third-order valence-corrected chi connectivity index (χ3v) is 5.59. The Balaban J connectivity index is 2.41. The van der Waals surface area contributed by atoms with Crippen LogP contribution in [0.1, 0.15) is 28.8 Å². The lowest BCUT2D eigenvalue weighted by atomic mass is 10.1. The number of hydrogen-bond donors (Lipinski definition) is 1. The van der Waals surface area contributed by atoms with E-state index in [1.165, 1.54) is 23.5 Å². The third-order valence-electron chi connectivity index (χ3n) is 3.59. The third kappa shape index (κ3) is 3.25. The first-order valence-corrected chi connectivity index (χ1v) is 8.17. The van der Waals surface area contributed by atoms with Crippen LogP contribution < -0.4 is 0 Å². The molecule has 1 N–H and O–H groups in total. The predicted molar refractivity (Wildman–Crippen MR) is 76.5 cm³/mol. The Morgan fingerprint density at radius 1 is 1.43 bits per heavy atom. The average molecular weight is 313 g/mol. The van der Waals surface area contributed by atoms with Crippen molar-refractivity contribution in [3.05, 3.63) is 29.3 Å². The van der Waals surface area contributed by atoms with E-state index in [9.17, 15) is 18.3 Å². The van der Waals surface area contributed by atoms with Crippen molar-refractivity contribution in [3.8, 4) is 0 Å². The van der Waals surface area contributed by atoms with Crippen molar-refractivity contribution < 1.29 is 23.1 Å². The van der Waals surface area contributed by atoms with Crippen LogP contribution in [0.3, 0.4) is 0 Å². The molecule has 1 saturated heterocycles. The summed E-state index contributed by atoms with van der Waals surface area (Å²) in [4.78, 5) is 11.6. The van der Waals surface area contributed by atoms with Gasteiger partial charge in [-0.15, -0.1) is 0 Å². The van der Waals surface area contributed by atoms with Crippen LogP contribution in [0.15, 0.2) is 23.1 Å². The fraction of sp³-hybridized carbons (Fsp3) is 0.500. The molecule has 0 saturated carbocycles. The number of benzene rings is 1. The first-order valence-electron chi connectivity index (χ1n) is 6.73. The number of methoxy groups -OCH3 is 1. The maximum Gasteiger partial charge on any atom is 0.337 e. The number of hydrogen-bond acceptors (Lipinski definition) is 5. The average Bonchev–Trinajstić information content (AvgIpc) is 2.46. The van der Waals surface area contributed by atoms with Crippen molar-refractivity contribution in [1.29, 1.82) is 0 Å². The van der Waals surface area contributed by atoms with Crippen molar-refractivity contribution in [2.24, 2.45) is 0 Å². The van der Waals surface area contributed by atoms with Gasteiger partial charge in [-0.3, -0.25) is 0 Å². The summed E-state index contributed by atoms with van der Waals surface area (Å²) in [6, 6.07) is 4.45. The smallest absolute Gasteiger partial charge is 0.337 e. The van der Waals surface area contributed by atoms with Crippen molar-refractivity contribution in [2.45, 2.75) is 30.8 Å². The highest BCUT2D eigenvalue weighted by molar-refractivity contribution is 7.89. The van der Waals surface area contributed by atoms with Gasteiger partial charge in [-0.2, -0.15) is 4.31 Å². The molecule has 1 fully saturated rings. The van der Waals surface area contributed by atoms with Gasteiger partial charge in [-0.25, -0.2) is 13.2 Å². The summed E-state index contributed by atoms with van der Waals surface area (Å²) >= 11 is 0. The number of carbonyl (C=O) groups is 1. The lowest BCUT2D eigenvalue weighted by Crippen LogP contribution is -2.42. The van der Waals surface area contributed by atoms with Crippen LogP contribution in [-0.4, -0.2) is 50.1 Å². The maximum absolute atomic E-state index is 12.7. The van der Waals surface area contributed by atoms with E-state index in [-0.39, 0.29) is 17.0 Å². The van der Waals surface area contributed by atoms with Crippen LogP contribution in [0.25, 0.3) is 0 Å². The first kappa shape index (κ1) is 15.9. The van der Waals surface area contributed by atoms with E-state index in [4.69, 9.17) is 0 Å². The van der Waals surface area contributed by atoms with E-state index in [1.54, 1.807) is 13.0 Å². The fourth-order valence-electron chi connectivity index (χ4n) is 2.40. The molecule has 0 bridgehead atoms. The Morgan fingerprint density at radius 3 is 2.76 bits per heavy atom. The highest BCUT2D eigenvalue weighted by atomic mass is 32.2. The topological polar surface area (TPSA) is 83.9 Å². The maximum atomic E-state index is 12.7. The van der Waals surface area contributed by atoms with Crippen LogP contribution in [0.2, 0.25) is 0 Å². The minimum absolute atomic E-state index is 0.0829. The molecule has 6 nitrogen and oxygen atoms in total. The highest BCUT2D eigenvalue weighted by Crippen LogP contribution is 2.24. The lowest BCUT2D eigenvalue weighted by Gasteiger charge is -2.29. The molecule has 7 heteroatoms. The second-order valence-electron chi connectivity index (χ2n) is 5.13. The Hall–Kier alpha value is -1.44. The summed E-state index contributed by atoms with van der Waals surface area (Å²) in [6.45, 7) is 2.14. The molecule has 1 aromatic rings. The molecular weight excluding hydrogens is 294 g/mol. The number of aliphatic hydroxyl groups is 1. The van der Waals surface area contributed by atoms with E-state index in [1.807, 2.05) is 0 Å². The molecule has 0 aliphatic carbocycles. The molecule has 1 aliphatic heterocycles. The number of aliphatic hydroxyl groups excluding tert-OH is 1. The molecule has 1 atom stereocenters. The van der Waals surface area contributed by atoms with Gasteiger partial charge < -0.3 is 9.84 Å². The number of rotatable bonds is 3. The molecule has 0 aromatic heterocycles. The van der Waals surface area contributed by atoms with Gasteiger partial charge >= 0.3 is 5.97 Å². The zero-order valence-corrected chi connectivity index (χ0v) is 12.9. The van der Waals surface area contributed by atoms with Crippen LogP contribution in [-0.2, 0) is 14.8 Å². The standard InChI is InChI=1S/C14H19NO5S/c1-10-5-6-11(14(17)20-2)8-13(10)21(18,19)15-7-3-4-12(16)9-15/h5-6,8,12,16H,3-4,7,9H2,1-2H3/t12-/m0/s1. The largest absolute Gasteiger partial charge is 0.465 e. The van der Waals surface area contributed by atoms with Crippen molar-refractivity contribution in [3.63, 3.8) is 0 Å². The summed E-state index contributed by atoms with van der Waals surface area (Å²) in [5.74, 6) is -0.579. The van der Waals surface area contributed by atoms with E-state index < -0.39 is 22.1 Å². The number of nitrogens with zero attached hydrogens (tertiary/aromatic N) is 1. The highest BCUT2D eigenvalue weighted by Gasteiger charge is 2.31. The van der Waals surface area contributed by atoms with Gasteiger partial charge in [0, 0.05) is 13.1 Å². The summed E-state index contributed by atoms with van der Waals surface area (Å²) in [7, 11) is -2.48. The predicted octanol–water partition coefficient (Wildman–Crippen LogP) is 0.927. The molecule has 1 aromatic carbocycles. The van der Waals surface area contributed by atoms with Gasteiger partial charge in [-0.1, -0.05) is 6.07 Å². The first-order chi connectivity index (χ1) is 9.86. The van der Waals surface area contributed by atoms with Gasteiger partial charge in [0.15, 0.2) is 0 Å². The van der Waals surface area contributed by atoms with Gasteiger partial charge in [0.25, 0.3) is 0 Å². The van der Waals surface area contributed by atoms with E-state index in [2.05, 4.69) is 4.74 Å². The number of esters is 1. The van der Waals surface area contributed by atoms with E-state index in [0.29, 0.717) is 24.9 Å². The number of sulfonamides is 1. The molecular formula is C14H19NO5S. The van der Waals surface area contributed by atoms with E-state index in [0.717, 1.165) is 0 Å². The number of aryl methyl sites for hydroxylation is 1. The van der Waals surface area contributed by atoms with Crippen LogP contribution in [0, 0.1) is 6.92 Å². The van der Waals surface area contributed by atoms with Crippen molar-refractivity contribution in [2.75, 3.05) is 20.2 Å². The zero-order chi connectivity index (χ0) is 15.6. The summed E-state index contributed by atoms with van der Waals surface area (Å²) < 4.78 is 31.2. The summed E-state index contributed by atoms with van der Waals surface area (Å²) in [5, 5.41) is 9.66. The SMILES string of the molecule is COC(=O)c1ccc(C)c(S(=O)(=O)N2CCC[C@H](O)C2)c1. The minimum Gasteiger partial charge on any atom is -0.465 e. The van der Waals surface area contributed by atoms with Gasteiger partial charge in [-0.05, 0) is 37.5 Å². The Morgan fingerprint density at radius 2 is 2.14 bits per heavy atom. The molecule has 0 amide bonds. The lowest BCUT2D eigenvalue weighted by molar-refractivity contribution is 0.0600. The number of piperidine rings is 1. The molecule has 1 aliphatic rings. The molecule has 0 spiro atoms. The molecule has 116 valence electrons. The molecule has 0 radical (unpaired) electrons. The second kappa shape index (κ2) is 6.13. The summed E-state index contributed by atoms with van der Waals surface area (Å²) in [6.07, 6.45) is 0.584. The van der Waals surface area contributed by atoms with Gasteiger partial charge in [0.05, 0.1) is 23.7 Å². The number of β-amino-alcohol motifs (C(OH)–C–C–N with tert-alkyl or cyclic N) is 1. The molecule has 1 heterocycles. The Labute approximate surface area is 124 Å². The minimum atomic E-state index is -3.72.